The number of rotatable bonds is 1. The van der Waals surface area contributed by atoms with Crippen molar-refractivity contribution in [3.05, 3.63) is 34.5 Å². The van der Waals surface area contributed by atoms with Gasteiger partial charge in [-0.25, -0.2) is 0 Å². The molecule has 0 amide bonds. The summed E-state index contributed by atoms with van der Waals surface area (Å²) in [5.74, 6) is 1.06. The largest absolute Gasteiger partial charge is 0.458 e. The van der Waals surface area contributed by atoms with Crippen molar-refractivity contribution in [3.8, 4) is 0 Å². The predicted octanol–water partition coefficient (Wildman–Crippen LogP) is 3.62. The zero-order valence-electron chi connectivity index (χ0n) is 8.29. The first kappa shape index (κ1) is 9.43. The molecule has 2 aromatic rings. The van der Waals surface area contributed by atoms with Gasteiger partial charge >= 0.3 is 0 Å². The lowest BCUT2D eigenvalue weighted by atomic mass is 10.1. The first-order valence-electron chi connectivity index (χ1n) is 5.26. The van der Waals surface area contributed by atoms with Gasteiger partial charge in [0.05, 0.1) is 10.5 Å². The first-order valence-corrected chi connectivity index (χ1v) is 6.05. The van der Waals surface area contributed by atoms with Crippen LogP contribution in [0.3, 0.4) is 0 Å². The van der Waals surface area contributed by atoms with Crippen LogP contribution in [0.25, 0.3) is 11.0 Å². The fourth-order valence-corrected chi connectivity index (χ4v) is 2.61. The molecule has 15 heavy (non-hydrogen) atoms. The second kappa shape index (κ2) is 3.65. The van der Waals surface area contributed by atoms with Gasteiger partial charge in [-0.2, -0.15) is 0 Å². The number of hydrogen-bond donors (Lipinski definition) is 1. The van der Waals surface area contributed by atoms with E-state index in [0.29, 0.717) is 6.04 Å². The molecule has 0 saturated carbocycles. The van der Waals surface area contributed by atoms with Crippen LogP contribution in [0.2, 0.25) is 0 Å². The van der Waals surface area contributed by atoms with E-state index in [-0.39, 0.29) is 0 Å². The molecule has 78 valence electrons. The van der Waals surface area contributed by atoms with Crippen molar-refractivity contribution in [1.82, 2.24) is 5.32 Å². The minimum atomic E-state index is 0.407. The van der Waals surface area contributed by atoms with Gasteiger partial charge in [-0.05, 0) is 47.4 Å². The monoisotopic (exact) mass is 265 g/mol. The number of halogens is 1. The molecule has 1 aliphatic heterocycles. The van der Waals surface area contributed by atoms with Gasteiger partial charge in [-0.1, -0.05) is 12.1 Å². The molecule has 2 heterocycles. The van der Waals surface area contributed by atoms with E-state index in [1.54, 1.807) is 0 Å². The molecule has 0 aliphatic carbocycles. The Bertz CT molecular complexity index is 485. The Hall–Kier alpha value is -0.800. The average molecular weight is 266 g/mol. The molecular formula is C12H12BrNO. The third-order valence-corrected chi connectivity index (χ3v) is 3.54. The van der Waals surface area contributed by atoms with Crippen LogP contribution in [0.4, 0.5) is 0 Å². The zero-order chi connectivity index (χ0) is 10.3. The molecule has 0 radical (unpaired) electrons. The highest BCUT2D eigenvalue weighted by Gasteiger charge is 2.20. The highest BCUT2D eigenvalue weighted by Crippen LogP contribution is 2.32. The summed E-state index contributed by atoms with van der Waals surface area (Å²) < 4.78 is 6.91. The van der Waals surface area contributed by atoms with Gasteiger partial charge in [0.25, 0.3) is 0 Å². The summed E-state index contributed by atoms with van der Waals surface area (Å²) in [6.07, 6.45) is 2.42. The summed E-state index contributed by atoms with van der Waals surface area (Å²) in [6, 6.07) is 8.68. The molecule has 3 heteroatoms. The lowest BCUT2D eigenvalue weighted by Crippen LogP contribution is -2.11. The third-order valence-electron chi connectivity index (χ3n) is 2.92. The topological polar surface area (TPSA) is 25.2 Å². The Morgan fingerprint density at radius 2 is 2.33 bits per heavy atom. The Morgan fingerprint density at radius 3 is 3.07 bits per heavy atom. The number of benzene rings is 1. The summed E-state index contributed by atoms with van der Waals surface area (Å²) >= 11 is 3.50. The van der Waals surface area contributed by atoms with Gasteiger partial charge in [-0.3, -0.25) is 0 Å². The van der Waals surface area contributed by atoms with E-state index in [4.69, 9.17) is 4.42 Å². The van der Waals surface area contributed by atoms with Gasteiger partial charge in [0.1, 0.15) is 11.3 Å². The van der Waals surface area contributed by atoms with E-state index in [2.05, 4.69) is 33.4 Å². The number of para-hydroxylation sites is 1. The molecule has 1 aromatic heterocycles. The number of furan rings is 1. The van der Waals surface area contributed by atoms with E-state index in [0.717, 1.165) is 22.4 Å². The van der Waals surface area contributed by atoms with Gasteiger partial charge in [0, 0.05) is 5.39 Å². The summed E-state index contributed by atoms with van der Waals surface area (Å²) in [5, 5.41) is 4.62. The Balaban J connectivity index is 2.09. The summed E-state index contributed by atoms with van der Waals surface area (Å²) in [7, 11) is 0. The zero-order valence-corrected chi connectivity index (χ0v) is 9.88. The maximum atomic E-state index is 5.87. The van der Waals surface area contributed by atoms with E-state index in [9.17, 15) is 0 Å². The molecule has 1 atom stereocenters. The number of nitrogens with one attached hydrogen (secondary N) is 1. The lowest BCUT2D eigenvalue weighted by molar-refractivity contribution is 0.470. The fourth-order valence-electron chi connectivity index (χ4n) is 2.15. The second-order valence-corrected chi connectivity index (χ2v) is 4.81. The lowest BCUT2D eigenvalue weighted by Gasteiger charge is -2.04. The van der Waals surface area contributed by atoms with E-state index in [1.807, 2.05) is 12.1 Å². The van der Waals surface area contributed by atoms with Crippen molar-refractivity contribution in [2.24, 2.45) is 0 Å². The van der Waals surface area contributed by atoms with Gasteiger partial charge in [0.15, 0.2) is 0 Å². The van der Waals surface area contributed by atoms with E-state index >= 15 is 0 Å². The summed E-state index contributed by atoms with van der Waals surface area (Å²) in [6.45, 7) is 1.10. The molecule has 1 unspecified atom stereocenters. The van der Waals surface area contributed by atoms with Crippen LogP contribution in [0.15, 0.2) is 33.2 Å². The van der Waals surface area contributed by atoms with Crippen molar-refractivity contribution in [1.29, 1.82) is 0 Å². The Morgan fingerprint density at radius 1 is 1.40 bits per heavy atom. The molecule has 1 aliphatic rings. The minimum absolute atomic E-state index is 0.407. The first-order chi connectivity index (χ1) is 7.34. The van der Waals surface area contributed by atoms with Gasteiger partial charge in [0.2, 0.25) is 0 Å². The van der Waals surface area contributed by atoms with Crippen molar-refractivity contribution >= 4 is 26.9 Å². The fraction of sp³-hybridized carbons (Fsp3) is 0.333. The molecule has 1 saturated heterocycles. The Labute approximate surface area is 96.8 Å². The van der Waals surface area contributed by atoms with Crippen LogP contribution in [-0.4, -0.2) is 6.54 Å². The van der Waals surface area contributed by atoms with Crippen molar-refractivity contribution in [2.45, 2.75) is 18.9 Å². The molecule has 3 rings (SSSR count). The number of fused-ring (bicyclic) bond motifs is 1. The number of hydrogen-bond acceptors (Lipinski definition) is 2. The van der Waals surface area contributed by atoms with Crippen LogP contribution in [-0.2, 0) is 0 Å². The maximum Gasteiger partial charge on any atom is 0.148 e. The quantitative estimate of drug-likeness (QED) is 0.852. The summed E-state index contributed by atoms with van der Waals surface area (Å²) in [4.78, 5) is 0. The van der Waals surface area contributed by atoms with Crippen LogP contribution in [0.1, 0.15) is 24.6 Å². The normalized spacial score (nSPS) is 21.3. The molecule has 2 nitrogen and oxygen atoms in total. The minimum Gasteiger partial charge on any atom is -0.458 e. The van der Waals surface area contributed by atoms with Crippen LogP contribution >= 0.6 is 15.9 Å². The second-order valence-electron chi connectivity index (χ2n) is 3.96. The van der Waals surface area contributed by atoms with Crippen molar-refractivity contribution < 1.29 is 4.42 Å². The smallest absolute Gasteiger partial charge is 0.148 e. The van der Waals surface area contributed by atoms with E-state index in [1.165, 1.54) is 18.2 Å². The van der Waals surface area contributed by atoms with Crippen LogP contribution in [0.5, 0.6) is 0 Å². The molecule has 0 spiro atoms. The molecule has 1 aromatic carbocycles. The van der Waals surface area contributed by atoms with Gasteiger partial charge < -0.3 is 9.73 Å². The van der Waals surface area contributed by atoms with Crippen LogP contribution in [0, 0.1) is 0 Å². The van der Waals surface area contributed by atoms with Crippen LogP contribution < -0.4 is 5.32 Å². The summed E-state index contributed by atoms with van der Waals surface area (Å²) in [5.41, 5.74) is 0.959. The molecule has 1 N–H and O–H groups in total. The molecule has 1 fully saturated rings. The molecule has 0 bridgehead atoms. The Kier molecular flexibility index (Phi) is 2.29. The van der Waals surface area contributed by atoms with Gasteiger partial charge in [-0.15, -0.1) is 0 Å². The van der Waals surface area contributed by atoms with Crippen molar-refractivity contribution in [3.63, 3.8) is 0 Å². The highest BCUT2D eigenvalue weighted by molar-refractivity contribution is 9.10. The molecular weight excluding hydrogens is 254 g/mol. The highest BCUT2D eigenvalue weighted by atomic mass is 79.9. The maximum absolute atomic E-state index is 5.87. The SMILES string of the molecule is Brc1cccc2cc(C3CCCN3)oc12. The predicted molar refractivity (Wildman–Crippen MR) is 63.9 cm³/mol. The van der Waals surface area contributed by atoms with E-state index < -0.39 is 0 Å². The standard InChI is InChI=1S/C12H12BrNO/c13-9-4-1-3-8-7-11(15-12(8)9)10-5-2-6-14-10/h1,3-4,7,10,14H,2,5-6H2. The average Bonchev–Trinajstić information content (AvgIpc) is 2.86. The van der Waals surface area contributed by atoms with Crippen molar-refractivity contribution in [2.75, 3.05) is 6.54 Å². The third kappa shape index (κ3) is 1.60.